The van der Waals surface area contributed by atoms with Crippen molar-refractivity contribution in [2.24, 2.45) is 5.92 Å². The van der Waals surface area contributed by atoms with Crippen LogP contribution in [0.4, 0.5) is 0 Å². The van der Waals surface area contributed by atoms with Crippen molar-refractivity contribution in [3.8, 4) is 0 Å². The average Bonchev–Trinajstić information content (AvgIpc) is 3.09. The molecule has 1 aromatic heterocycles. The number of aryl methyl sites for hydroxylation is 1. The summed E-state index contributed by atoms with van der Waals surface area (Å²) < 4.78 is 0. The van der Waals surface area contributed by atoms with Crippen molar-refractivity contribution in [3.63, 3.8) is 0 Å². The summed E-state index contributed by atoms with van der Waals surface area (Å²) in [6, 6.07) is 0.708. The third-order valence-corrected chi connectivity index (χ3v) is 5.44. The predicted molar refractivity (Wildman–Crippen MR) is 78.7 cm³/mol. The van der Waals surface area contributed by atoms with Crippen LogP contribution in [-0.4, -0.2) is 36.5 Å². The van der Waals surface area contributed by atoms with Crippen molar-refractivity contribution in [1.29, 1.82) is 0 Å². The quantitative estimate of drug-likeness (QED) is 0.902. The van der Waals surface area contributed by atoms with E-state index in [2.05, 4.69) is 10.7 Å². The van der Waals surface area contributed by atoms with Gasteiger partial charge in [0.1, 0.15) is 0 Å². The minimum atomic E-state index is 0.233. The van der Waals surface area contributed by atoms with Gasteiger partial charge in [-0.2, -0.15) is 11.3 Å². The van der Waals surface area contributed by atoms with Crippen molar-refractivity contribution >= 4 is 17.2 Å². The van der Waals surface area contributed by atoms with Gasteiger partial charge in [-0.15, -0.1) is 0 Å². The van der Waals surface area contributed by atoms with Crippen LogP contribution in [-0.2, 0) is 0 Å². The molecule has 2 fully saturated rings. The fraction of sp³-hybridized carbons (Fsp3) is 0.667. The molecule has 0 saturated carbocycles. The lowest BCUT2D eigenvalue weighted by Gasteiger charge is -2.35. The number of carbonyl (C=O) groups is 1. The molecule has 0 aliphatic carbocycles. The normalized spacial score (nSPS) is 24.9. The van der Waals surface area contributed by atoms with Crippen molar-refractivity contribution < 1.29 is 4.79 Å². The molecule has 4 heteroatoms. The van der Waals surface area contributed by atoms with Gasteiger partial charge in [0.15, 0.2) is 0 Å². The van der Waals surface area contributed by atoms with Crippen LogP contribution in [0.25, 0.3) is 0 Å². The van der Waals surface area contributed by atoms with E-state index in [1.54, 1.807) is 11.3 Å². The molecule has 3 heterocycles. The highest BCUT2D eigenvalue weighted by molar-refractivity contribution is 7.08. The maximum absolute atomic E-state index is 12.4. The van der Waals surface area contributed by atoms with E-state index < -0.39 is 0 Å². The van der Waals surface area contributed by atoms with Gasteiger partial charge in [0.05, 0.1) is 5.56 Å². The van der Waals surface area contributed by atoms with Crippen molar-refractivity contribution in [2.45, 2.75) is 38.6 Å². The zero-order chi connectivity index (χ0) is 13.2. The van der Waals surface area contributed by atoms with E-state index >= 15 is 0 Å². The molecular weight excluding hydrogens is 256 g/mol. The molecule has 3 rings (SSSR count). The Labute approximate surface area is 119 Å². The Balaban J connectivity index is 1.58. The second-order valence-corrected chi connectivity index (χ2v) is 6.54. The number of thiophene rings is 1. The molecule has 104 valence electrons. The van der Waals surface area contributed by atoms with Gasteiger partial charge in [-0.05, 0) is 56.0 Å². The van der Waals surface area contributed by atoms with Crippen LogP contribution in [0.15, 0.2) is 10.8 Å². The summed E-state index contributed by atoms with van der Waals surface area (Å²) in [5.74, 6) is 1.01. The van der Waals surface area contributed by atoms with E-state index in [4.69, 9.17) is 0 Å². The highest BCUT2D eigenvalue weighted by Gasteiger charge is 2.30. The number of hydrogen-bond donors (Lipinski definition) is 1. The molecule has 0 radical (unpaired) electrons. The average molecular weight is 278 g/mol. The van der Waals surface area contributed by atoms with Crippen molar-refractivity contribution in [3.05, 3.63) is 21.9 Å². The molecule has 3 nitrogen and oxygen atoms in total. The Morgan fingerprint density at radius 1 is 1.32 bits per heavy atom. The van der Waals surface area contributed by atoms with Crippen LogP contribution in [0.2, 0.25) is 0 Å². The van der Waals surface area contributed by atoms with E-state index in [9.17, 15) is 4.79 Å². The first-order valence-corrected chi connectivity index (χ1v) is 8.25. The maximum atomic E-state index is 12.4. The smallest absolute Gasteiger partial charge is 0.254 e. The Hall–Kier alpha value is -0.870. The Kier molecular flexibility index (Phi) is 3.89. The molecule has 1 aromatic rings. The lowest BCUT2D eigenvalue weighted by Crippen LogP contribution is -2.43. The largest absolute Gasteiger partial charge is 0.339 e. The van der Waals surface area contributed by atoms with Gasteiger partial charge < -0.3 is 10.2 Å². The summed E-state index contributed by atoms with van der Waals surface area (Å²) in [6.07, 6.45) is 4.96. The van der Waals surface area contributed by atoms with Crippen LogP contribution in [0.5, 0.6) is 0 Å². The number of nitrogens with one attached hydrogen (secondary N) is 1. The number of hydrogen-bond acceptors (Lipinski definition) is 3. The van der Waals surface area contributed by atoms with Crippen molar-refractivity contribution in [1.82, 2.24) is 10.2 Å². The molecule has 1 atom stereocenters. The fourth-order valence-corrected chi connectivity index (χ4v) is 4.19. The summed E-state index contributed by atoms with van der Waals surface area (Å²) in [5.41, 5.74) is 2.03. The molecule has 2 aliphatic heterocycles. The van der Waals surface area contributed by atoms with Gasteiger partial charge in [-0.25, -0.2) is 0 Å². The second-order valence-electron chi connectivity index (χ2n) is 5.80. The molecule has 0 bridgehead atoms. The third kappa shape index (κ3) is 2.70. The molecule has 0 spiro atoms. The number of amides is 1. The van der Waals surface area contributed by atoms with Gasteiger partial charge >= 0.3 is 0 Å². The van der Waals surface area contributed by atoms with Gasteiger partial charge in [-0.1, -0.05) is 0 Å². The van der Waals surface area contributed by atoms with E-state index in [0.717, 1.165) is 43.0 Å². The number of piperidine rings is 1. The SMILES string of the molecule is Cc1cscc1C(=O)N1CCC(C2CCCN2)CC1. The Morgan fingerprint density at radius 2 is 2.11 bits per heavy atom. The zero-order valence-electron chi connectivity index (χ0n) is 11.5. The summed E-state index contributed by atoms with van der Waals surface area (Å²) in [5, 5.41) is 7.65. The summed E-state index contributed by atoms with van der Waals surface area (Å²) >= 11 is 1.62. The minimum absolute atomic E-state index is 0.233. The van der Waals surface area contributed by atoms with Crippen molar-refractivity contribution in [2.75, 3.05) is 19.6 Å². The number of rotatable bonds is 2. The number of likely N-dealkylation sites (tertiary alicyclic amines) is 1. The van der Waals surface area contributed by atoms with Gasteiger partial charge in [-0.3, -0.25) is 4.79 Å². The van der Waals surface area contributed by atoms with Gasteiger partial charge in [0.2, 0.25) is 0 Å². The molecule has 19 heavy (non-hydrogen) atoms. The highest BCUT2D eigenvalue weighted by atomic mass is 32.1. The Bertz CT molecular complexity index is 443. The van der Waals surface area contributed by atoms with Crippen LogP contribution >= 0.6 is 11.3 Å². The van der Waals surface area contributed by atoms with Crippen LogP contribution < -0.4 is 5.32 Å². The van der Waals surface area contributed by atoms with Gasteiger partial charge in [0, 0.05) is 24.5 Å². The lowest BCUT2D eigenvalue weighted by molar-refractivity contribution is 0.0674. The number of carbonyl (C=O) groups excluding carboxylic acids is 1. The zero-order valence-corrected chi connectivity index (χ0v) is 12.3. The summed E-state index contributed by atoms with van der Waals surface area (Å²) in [6.45, 7) is 5.06. The Morgan fingerprint density at radius 3 is 2.68 bits per heavy atom. The topological polar surface area (TPSA) is 32.3 Å². The van der Waals surface area contributed by atoms with E-state index in [0.29, 0.717) is 6.04 Å². The maximum Gasteiger partial charge on any atom is 0.254 e. The molecule has 1 N–H and O–H groups in total. The van der Waals surface area contributed by atoms with Crippen LogP contribution in [0.3, 0.4) is 0 Å². The minimum Gasteiger partial charge on any atom is -0.339 e. The van der Waals surface area contributed by atoms with Crippen LogP contribution in [0.1, 0.15) is 41.6 Å². The first-order chi connectivity index (χ1) is 9.25. The molecule has 1 unspecified atom stereocenters. The standard InChI is InChI=1S/C15H22N2OS/c1-11-9-19-10-13(11)15(18)17-7-4-12(5-8-17)14-3-2-6-16-14/h9-10,12,14,16H,2-8H2,1H3. The van der Waals surface area contributed by atoms with E-state index in [-0.39, 0.29) is 5.91 Å². The fourth-order valence-electron chi connectivity index (χ4n) is 3.37. The monoisotopic (exact) mass is 278 g/mol. The van der Waals surface area contributed by atoms with E-state index in [1.807, 2.05) is 17.2 Å². The molecule has 2 aliphatic rings. The second kappa shape index (κ2) is 5.63. The molecule has 0 aromatic carbocycles. The first-order valence-electron chi connectivity index (χ1n) is 7.31. The summed E-state index contributed by atoms with van der Waals surface area (Å²) in [4.78, 5) is 14.5. The third-order valence-electron chi connectivity index (χ3n) is 4.58. The highest BCUT2D eigenvalue weighted by Crippen LogP contribution is 2.27. The van der Waals surface area contributed by atoms with E-state index in [1.165, 1.54) is 19.4 Å². The lowest BCUT2D eigenvalue weighted by atomic mass is 9.88. The molecule has 1 amide bonds. The number of nitrogens with zero attached hydrogens (tertiary/aromatic N) is 1. The van der Waals surface area contributed by atoms with Gasteiger partial charge in [0.25, 0.3) is 5.91 Å². The predicted octanol–water partition coefficient (Wildman–Crippen LogP) is 2.66. The molecule has 2 saturated heterocycles. The first kappa shape index (κ1) is 13.1. The molecular formula is C15H22N2OS. The van der Waals surface area contributed by atoms with Crippen LogP contribution in [0, 0.1) is 12.8 Å². The summed E-state index contributed by atoms with van der Waals surface area (Å²) in [7, 11) is 0.